The van der Waals surface area contributed by atoms with Crippen LogP contribution in [0.1, 0.15) is 22.8 Å². The molecule has 0 unspecified atom stereocenters. The van der Waals surface area contributed by atoms with Gasteiger partial charge in [-0.25, -0.2) is 0 Å². The summed E-state index contributed by atoms with van der Waals surface area (Å²) in [6.07, 6.45) is 0. The molecule has 0 radical (unpaired) electrons. The molecule has 1 N–H and O–H groups in total. The van der Waals surface area contributed by atoms with E-state index in [1.807, 2.05) is 32.0 Å². The number of nitrogens with one attached hydrogen (secondary N) is 1. The number of carbonyl (C=O) groups excluding carboxylic acids is 1. The second-order valence-corrected chi connectivity index (χ2v) is 5.96. The number of methoxy groups -OCH3 is 1. The molecule has 116 valence electrons. The number of hydrogen-bond acceptors (Lipinski definition) is 3. The largest absolute Gasteiger partial charge is 0.493 e. The Morgan fingerprint density at radius 3 is 2.59 bits per heavy atom. The van der Waals surface area contributed by atoms with E-state index in [1.165, 1.54) is 0 Å². The number of rotatable bonds is 5. The molecule has 0 aliphatic rings. The van der Waals surface area contributed by atoms with Gasteiger partial charge in [-0.1, -0.05) is 0 Å². The van der Waals surface area contributed by atoms with Crippen LogP contribution in [0.5, 0.6) is 11.5 Å². The quantitative estimate of drug-likeness (QED) is 0.749. The second-order valence-electron chi connectivity index (χ2n) is 4.71. The fraction of sp³-hybridized carbons (Fsp3) is 0.235. The lowest BCUT2D eigenvalue weighted by molar-refractivity contribution is 0.102. The van der Waals surface area contributed by atoms with Gasteiger partial charge >= 0.3 is 0 Å². The number of amides is 1. The van der Waals surface area contributed by atoms with Gasteiger partial charge in [-0.05, 0) is 78.4 Å². The predicted molar refractivity (Wildman–Crippen MR) is 96.0 cm³/mol. The van der Waals surface area contributed by atoms with Gasteiger partial charge < -0.3 is 14.8 Å². The lowest BCUT2D eigenvalue weighted by Gasteiger charge is -2.12. The van der Waals surface area contributed by atoms with Crippen molar-refractivity contribution in [3.63, 3.8) is 0 Å². The standard InChI is InChI=1S/C17H18INO3/c1-4-22-15-8-5-12(10-16(15)21-3)17(20)19-14-7-6-13(18)9-11(14)2/h5-10H,4H2,1-3H3,(H,19,20). The van der Waals surface area contributed by atoms with Crippen LogP contribution >= 0.6 is 22.6 Å². The lowest BCUT2D eigenvalue weighted by Crippen LogP contribution is -2.13. The zero-order chi connectivity index (χ0) is 16.1. The van der Waals surface area contributed by atoms with Crippen molar-refractivity contribution < 1.29 is 14.3 Å². The molecule has 2 rings (SSSR count). The number of benzene rings is 2. The van der Waals surface area contributed by atoms with Crippen LogP contribution in [0.4, 0.5) is 5.69 Å². The molecule has 0 atom stereocenters. The summed E-state index contributed by atoms with van der Waals surface area (Å²) in [5, 5.41) is 2.92. The van der Waals surface area contributed by atoms with E-state index in [0.717, 1.165) is 14.8 Å². The third-order valence-corrected chi connectivity index (χ3v) is 3.83. The average Bonchev–Trinajstić information content (AvgIpc) is 2.50. The molecule has 0 saturated heterocycles. The highest BCUT2D eigenvalue weighted by Gasteiger charge is 2.12. The maximum absolute atomic E-state index is 12.4. The fourth-order valence-electron chi connectivity index (χ4n) is 2.05. The first-order chi connectivity index (χ1) is 10.5. The van der Waals surface area contributed by atoms with E-state index in [2.05, 4.69) is 27.9 Å². The minimum atomic E-state index is -0.175. The van der Waals surface area contributed by atoms with Crippen molar-refractivity contribution in [2.75, 3.05) is 19.0 Å². The maximum Gasteiger partial charge on any atom is 0.255 e. The molecule has 4 nitrogen and oxygen atoms in total. The van der Waals surface area contributed by atoms with E-state index in [0.29, 0.717) is 23.7 Å². The predicted octanol–water partition coefficient (Wildman–Crippen LogP) is 4.26. The van der Waals surface area contributed by atoms with Gasteiger partial charge in [0, 0.05) is 14.8 Å². The molecule has 0 aromatic heterocycles. The lowest BCUT2D eigenvalue weighted by atomic mass is 10.1. The van der Waals surface area contributed by atoms with Crippen LogP contribution in [0.3, 0.4) is 0 Å². The number of halogens is 1. The van der Waals surface area contributed by atoms with Gasteiger partial charge in [0.05, 0.1) is 13.7 Å². The molecule has 2 aromatic carbocycles. The zero-order valence-electron chi connectivity index (χ0n) is 12.8. The molecule has 0 bridgehead atoms. The Bertz CT molecular complexity index is 686. The summed E-state index contributed by atoms with van der Waals surface area (Å²) >= 11 is 2.24. The average molecular weight is 411 g/mol. The summed E-state index contributed by atoms with van der Waals surface area (Å²) in [5.74, 6) is 1.01. The van der Waals surface area contributed by atoms with Crippen LogP contribution in [-0.4, -0.2) is 19.6 Å². The monoisotopic (exact) mass is 411 g/mol. The fourth-order valence-corrected chi connectivity index (χ4v) is 2.69. The van der Waals surface area contributed by atoms with Crippen LogP contribution < -0.4 is 14.8 Å². The Hall–Kier alpha value is -1.76. The van der Waals surface area contributed by atoms with E-state index in [9.17, 15) is 4.79 Å². The summed E-state index contributed by atoms with van der Waals surface area (Å²) in [4.78, 5) is 12.4. The molecule has 0 saturated carbocycles. The Kier molecular flexibility index (Phi) is 5.65. The van der Waals surface area contributed by atoms with E-state index >= 15 is 0 Å². The Morgan fingerprint density at radius 2 is 1.95 bits per heavy atom. The van der Waals surface area contributed by atoms with Crippen LogP contribution in [0.2, 0.25) is 0 Å². The summed E-state index contributed by atoms with van der Waals surface area (Å²) in [7, 11) is 1.56. The smallest absolute Gasteiger partial charge is 0.255 e. The minimum Gasteiger partial charge on any atom is -0.493 e. The van der Waals surface area contributed by atoms with Crippen LogP contribution in [-0.2, 0) is 0 Å². The molecule has 2 aromatic rings. The highest BCUT2D eigenvalue weighted by atomic mass is 127. The number of aryl methyl sites for hydroxylation is 1. The highest BCUT2D eigenvalue weighted by Crippen LogP contribution is 2.28. The second kappa shape index (κ2) is 7.49. The van der Waals surface area contributed by atoms with E-state index < -0.39 is 0 Å². The Morgan fingerprint density at radius 1 is 1.18 bits per heavy atom. The highest BCUT2D eigenvalue weighted by molar-refractivity contribution is 14.1. The molecule has 0 fully saturated rings. The Labute approximate surface area is 144 Å². The first kappa shape index (κ1) is 16.6. The topological polar surface area (TPSA) is 47.6 Å². The maximum atomic E-state index is 12.4. The van der Waals surface area contributed by atoms with E-state index in [1.54, 1.807) is 25.3 Å². The molecule has 0 aliphatic heterocycles. The number of carbonyl (C=O) groups is 1. The van der Waals surface area contributed by atoms with Crippen molar-refractivity contribution in [3.8, 4) is 11.5 Å². The molecular formula is C17H18INO3. The SMILES string of the molecule is CCOc1ccc(C(=O)Nc2ccc(I)cc2C)cc1OC. The van der Waals surface area contributed by atoms with Gasteiger partial charge in [-0.2, -0.15) is 0 Å². The van der Waals surface area contributed by atoms with Gasteiger partial charge in [0.15, 0.2) is 11.5 Å². The van der Waals surface area contributed by atoms with Crippen molar-refractivity contribution in [2.24, 2.45) is 0 Å². The van der Waals surface area contributed by atoms with Gasteiger partial charge in [0.1, 0.15) is 0 Å². The normalized spacial score (nSPS) is 10.2. The zero-order valence-corrected chi connectivity index (χ0v) is 14.9. The van der Waals surface area contributed by atoms with Gasteiger partial charge in [-0.15, -0.1) is 0 Å². The van der Waals surface area contributed by atoms with Gasteiger partial charge in [-0.3, -0.25) is 4.79 Å². The molecule has 0 heterocycles. The van der Waals surface area contributed by atoms with E-state index in [-0.39, 0.29) is 5.91 Å². The number of anilines is 1. The third kappa shape index (κ3) is 3.91. The molecule has 0 spiro atoms. The minimum absolute atomic E-state index is 0.175. The number of ether oxygens (including phenoxy) is 2. The van der Waals surface area contributed by atoms with Crippen molar-refractivity contribution in [3.05, 3.63) is 51.1 Å². The summed E-state index contributed by atoms with van der Waals surface area (Å²) in [5.41, 5.74) is 2.36. The summed E-state index contributed by atoms with van der Waals surface area (Å²) < 4.78 is 11.9. The summed E-state index contributed by atoms with van der Waals surface area (Å²) in [6, 6.07) is 11.0. The number of hydrogen-bond donors (Lipinski definition) is 1. The first-order valence-electron chi connectivity index (χ1n) is 6.93. The van der Waals surface area contributed by atoms with Crippen LogP contribution in [0, 0.1) is 10.5 Å². The third-order valence-electron chi connectivity index (χ3n) is 3.16. The molecule has 1 amide bonds. The van der Waals surface area contributed by atoms with Crippen molar-refractivity contribution >= 4 is 34.2 Å². The van der Waals surface area contributed by atoms with E-state index in [4.69, 9.17) is 9.47 Å². The van der Waals surface area contributed by atoms with Crippen molar-refractivity contribution in [2.45, 2.75) is 13.8 Å². The molecule has 22 heavy (non-hydrogen) atoms. The van der Waals surface area contributed by atoms with Gasteiger partial charge in [0.2, 0.25) is 0 Å². The van der Waals surface area contributed by atoms with Crippen molar-refractivity contribution in [1.29, 1.82) is 0 Å². The van der Waals surface area contributed by atoms with Crippen LogP contribution in [0.25, 0.3) is 0 Å². The molecule has 0 aliphatic carbocycles. The van der Waals surface area contributed by atoms with Crippen LogP contribution in [0.15, 0.2) is 36.4 Å². The van der Waals surface area contributed by atoms with Gasteiger partial charge in [0.25, 0.3) is 5.91 Å². The van der Waals surface area contributed by atoms with Crippen molar-refractivity contribution in [1.82, 2.24) is 0 Å². The molecular weight excluding hydrogens is 393 g/mol. The molecule has 5 heteroatoms. The first-order valence-corrected chi connectivity index (χ1v) is 8.01. The summed E-state index contributed by atoms with van der Waals surface area (Å²) in [6.45, 7) is 4.42. The Balaban J connectivity index is 2.22.